The molecule has 0 unspecified atom stereocenters. The summed E-state index contributed by atoms with van der Waals surface area (Å²) in [5, 5.41) is 0. The number of hydrogen-bond donors (Lipinski definition) is 0. The highest BCUT2D eigenvalue weighted by Gasteiger charge is 2.11. The zero-order valence-corrected chi connectivity index (χ0v) is 10.2. The molecule has 90 valence electrons. The fraction of sp³-hybridized carbons (Fsp3) is 0.538. The summed E-state index contributed by atoms with van der Waals surface area (Å²) in [4.78, 5) is 0. The summed E-state index contributed by atoms with van der Waals surface area (Å²) in [6, 6.07) is 3.19. The van der Waals surface area contributed by atoms with Crippen LogP contribution in [-0.2, 0) is 6.42 Å². The van der Waals surface area contributed by atoms with E-state index in [1.54, 1.807) is 0 Å². The van der Waals surface area contributed by atoms with Crippen LogP contribution in [0.4, 0.5) is 4.39 Å². The molecule has 0 radical (unpaired) electrons. The third-order valence-electron chi connectivity index (χ3n) is 2.58. The van der Waals surface area contributed by atoms with Crippen molar-refractivity contribution >= 4 is 0 Å². The van der Waals surface area contributed by atoms with Crippen LogP contribution in [0.1, 0.15) is 31.7 Å². The van der Waals surface area contributed by atoms with E-state index in [0.29, 0.717) is 11.5 Å². The van der Waals surface area contributed by atoms with E-state index in [9.17, 15) is 4.39 Å². The van der Waals surface area contributed by atoms with Gasteiger partial charge in [0, 0.05) is 11.6 Å². The molecule has 2 nitrogen and oxygen atoms in total. The van der Waals surface area contributed by atoms with Crippen molar-refractivity contribution in [1.82, 2.24) is 0 Å². The molecule has 0 spiro atoms. The van der Waals surface area contributed by atoms with Gasteiger partial charge in [0.05, 0.1) is 14.2 Å². The van der Waals surface area contributed by atoms with Crippen LogP contribution in [0.3, 0.4) is 0 Å². The van der Waals surface area contributed by atoms with Crippen LogP contribution in [0.15, 0.2) is 12.1 Å². The van der Waals surface area contributed by atoms with Crippen molar-refractivity contribution in [2.24, 2.45) is 0 Å². The summed E-state index contributed by atoms with van der Waals surface area (Å²) in [5.74, 6) is 0.537. The first kappa shape index (κ1) is 12.8. The Morgan fingerprint density at radius 2 is 1.88 bits per heavy atom. The van der Waals surface area contributed by atoms with Crippen LogP contribution in [0.5, 0.6) is 11.5 Å². The van der Waals surface area contributed by atoms with E-state index in [4.69, 9.17) is 9.47 Å². The van der Waals surface area contributed by atoms with Crippen LogP contribution in [0.2, 0.25) is 0 Å². The van der Waals surface area contributed by atoms with E-state index in [0.717, 1.165) is 31.2 Å². The van der Waals surface area contributed by atoms with E-state index in [2.05, 4.69) is 6.92 Å². The molecule has 0 aromatic heterocycles. The molecular formula is C13H19FO2. The predicted octanol–water partition coefficient (Wildman–Crippen LogP) is 3.58. The first-order chi connectivity index (χ1) is 7.72. The molecule has 0 aliphatic carbocycles. The molecule has 0 bridgehead atoms. The Morgan fingerprint density at radius 3 is 2.44 bits per heavy atom. The van der Waals surface area contributed by atoms with Gasteiger partial charge in [-0.05, 0) is 18.9 Å². The molecule has 0 saturated carbocycles. The SMILES string of the molecule is CCCCCc1cc(OC)cc(F)c1OC. The Bertz CT molecular complexity index is 337. The van der Waals surface area contributed by atoms with Gasteiger partial charge in [-0.1, -0.05) is 19.8 Å². The van der Waals surface area contributed by atoms with Gasteiger partial charge in [0.25, 0.3) is 0 Å². The van der Waals surface area contributed by atoms with Crippen LogP contribution in [0.25, 0.3) is 0 Å². The van der Waals surface area contributed by atoms with Crippen LogP contribution in [-0.4, -0.2) is 14.2 Å². The number of ether oxygens (including phenoxy) is 2. The minimum Gasteiger partial charge on any atom is -0.497 e. The zero-order chi connectivity index (χ0) is 12.0. The molecule has 0 atom stereocenters. The van der Waals surface area contributed by atoms with Gasteiger partial charge >= 0.3 is 0 Å². The normalized spacial score (nSPS) is 10.2. The van der Waals surface area contributed by atoms with E-state index < -0.39 is 0 Å². The molecule has 0 saturated heterocycles. The summed E-state index contributed by atoms with van der Waals surface area (Å²) in [6.45, 7) is 2.14. The number of benzene rings is 1. The zero-order valence-electron chi connectivity index (χ0n) is 10.2. The predicted molar refractivity (Wildman–Crippen MR) is 62.7 cm³/mol. The molecule has 0 heterocycles. The first-order valence-electron chi connectivity index (χ1n) is 5.63. The largest absolute Gasteiger partial charge is 0.497 e. The van der Waals surface area contributed by atoms with Crippen molar-refractivity contribution in [3.63, 3.8) is 0 Å². The van der Waals surface area contributed by atoms with Crippen molar-refractivity contribution in [3.8, 4) is 11.5 Å². The average Bonchev–Trinajstić information content (AvgIpc) is 2.29. The van der Waals surface area contributed by atoms with Gasteiger partial charge in [0.2, 0.25) is 0 Å². The molecule has 0 amide bonds. The number of unbranched alkanes of at least 4 members (excludes halogenated alkanes) is 2. The highest BCUT2D eigenvalue weighted by molar-refractivity contribution is 5.41. The molecule has 0 fully saturated rings. The lowest BCUT2D eigenvalue weighted by atomic mass is 10.1. The lowest BCUT2D eigenvalue weighted by Crippen LogP contribution is -1.97. The third kappa shape index (κ3) is 3.12. The summed E-state index contributed by atoms with van der Waals surface area (Å²) in [5.41, 5.74) is 0.882. The molecule has 1 aromatic carbocycles. The van der Waals surface area contributed by atoms with Gasteiger partial charge in [-0.25, -0.2) is 4.39 Å². The smallest absolute Gasteiger partial charge is 0.169 e. The van der Waals surface area contributed by atoms with Gasteiger partial charge in [0.1, 0.15) is 5.75 Å². The number of aryl methyl sites for hydroxylation is 1. The maximum Gasteiger partial charge on any atom is 0.169 e. The van der Waals surface area contributed by atoms with Crippen molar-refractivity contribution in [3.05, 3.63) is 23.5 Å². The van der Waals surface area contributed by atoms with Gasteiger partial charge in [-0.3, -0.25) is 0 Å². The molecular weight excluding hydrogens is 207 g/mol. The van der Waals surface area contributed by atoms with E-state index >= 15 is 0 Å². The molecule has 0 aliphatic rings. The number of rotatable bonds is 6. The second-order valence-corrected chi connectivity index (χ2v) is 3.76. The maximum atomic E-state index is 13.6. The van der Waals surface area contributed by atoms with E-state index in [1.807, 2.05) is 6.07 Å². The highest BCUT2D eigenvalue weighted by Crippen LogP contribution is 2.29. The topological polar surface area (TPSA) is 18.5 Å². The summed E-state index contributed by atoms with van der Waals surface area (Å²) >= 11 is 0. The quantitative estimate of drug-likeness (QED) is 0.690. The fourth-order valence-corrected chi connectivity index (χ4v) is 1.72. The Morgan fingerprint density at radius 1 is 1.12 bits per heavy atom. The first-order valence-corrected chi connectivity index (χ1v) is 5.63. The maximum absolute atomic E-state index is 13.6. The monoisotopic (exact) mass is 226 g/mol. The average molecular weight is 226 g/mol. The third-order valence-corrected chi connectivity index (χ3v) is 2.58. The van der Waals surface area contributed by atoms with Crippen LogP contribution >= 0.6 is 0 Å². The van der Waals surface area contributed by atoms with Crippen molar-refractivity contribution in [2.45, 2.75) is 32.6 Å². The molecule has 0 aliphatic heterocycles. The molecule has 1 aromatic rings. The minimum atomic E-state index is -0.353. The van der Waals surface area contributed by atoms with Crippen LogP contribution < -0.4 is 9.47 Å². The standard InChI is InChI=1S/C13H19FO2/c1-4-5-6-7-10-8-11(15-2)9-12(14)13(10)16-3/h8-9H,4-7H2,1-3H3. The highest BCUT2D eigenvalue weighted by atomic mass is 19.1. The van der Waals surface area contributed by atoms with E-state index in [1.165, 1.54) is 20.3 Å². The van der Waals surface area contributed by atoms with Crippen molar-refractivity contribution in [1.29, 1.82) is 0 Å². The Hall–Kier alpha value is -1.25. The van der Waals surface area contributed by atoms with Gasteiger partial charge in [-0.15, -0.1) is 0 Å². The number of hydrogen-bond acceptors (Lipinski definition) is 2. The minimum absolute atomic E-state index is 0.344. The molecule has 16 heavy (non-hydrogen) atoms. The Kier molecular flexibility index (Phi) is 5.09. The molecule has 0 N–H and O–H groups in total. The Balaban J connectivity index is 2.89. The second-order valence-electron chi connectivity index (χ2n) is 3.76. The van der Waals surface area contributed by atoms with E-state index in [-0.39, 0.29) is 5.82 Å². The lowest BCUT2D eigenvalue weighted by Gasteiger charge is -2.11. The summed E-state index contributed by atoms with van der Waals surface area (Å²) in [7, 11) is 3.03. The molecule has 1 rings (SSSR count). The van der Waals surface area contributed by atoms with Gasteiger partial charge < -0.3 is 9.47 Å². The van der Waals surface area contributed by atoms with Gasteiger partial charge in [-0.2, -0.15) is 0 Å². The van der Waals surface area contributed by atoms with Crippen molar-refractivity contribution < 1.29 is 13.9 Å². The molecule has 3 heteroatoms. The second kappa shape index (κ2) is 6.36. The number of halogens is 1. The van der Waals surface area contributed by atoms with Gasteiger partial charge in [0.15, 0.2) is 11.6 Å². The number of methoxy groups -OCH3 is 2. The Labute approximate surface area is 96.4 Å². The van der Waals surface area contributed by atoms with Crippen LogP contribution in [0, 0.1) is 5.82 Å². The fourth-order valence-electron chi connectivity index (χ4n) is 1.72. The van der Waals surface area contributed by atoms with Crippen molar-refractivity contribution in [2.75, 3.05) is 14.2 Å². The summed E-state index contributed by atoms with van der Waals surface area (Å²) < 4.78 is 23.7. The summed E-state index contributed by atoms with van der Waals surface area (Å²) in [6.07, 6.45) is 4.15. The lowest BCUT2D eigenvalue weighted by molar-refractivity contribution is 0.371.